The topological polar surface area (TPSA) is 60.2 Å². The third kappa shape index (κ3) is 2.18. The molecule has 0 spiro atoms. The number of aryl methyl sites for hydroxylation is 1. The number of nitrogens with two attached hydrogens (primary N) is 1. The summed E-state index contributed by atoms with van der Waals surface area (Å²) >= 11 is 0. The first-order valence-electron chi connectivity index (χ1n) is 4.46. The average Bonchev–Trinajstić information content (AvgIpc) is 2.00. The van der Waals surface area contributed by atoms with E-state index in [1.54, 1.807) is 6.92 Å². The van der Waals surface area contributed by atoms with Crippen molar-refractivity contribution in [2.45, 2.75) is 30.5 Å². The van der Waals surface area contributed by atoms with E-state index in [2.05, 4.69) is 0 Å². The largest absolute Gasteiger partial charge is 0.313 e. The SMILES string of the molecule is Cc1cc(F)ccc1S(=O)(=O)C(C)(C)N. The summed E-state index contributed by atoms with van der Waals surface area (Å²) in [5.41, 5.74) is 5.94. The maximum Gasteiger partial charge on any atom is 0.196 e. The van der Waals surface area contributed by atoms with Crippen LogP contribution in [0.1, 0.15) is 19.4 Å². The Morgan fingerprint density at radius 1 is 1.33 bits per heavy atom. The summed E-state index contributed by atoms with van der Waals surface area (Å²) in [5.74, 6) is -0.457. The minimum absolute atomic E-state index is 0.0800. The molecule has 3 nitrogen and oxygen atoms in total. The zero-order valence-electron chi connectivity index (χ0n) is 8.91. The van der Waals surface area contributed by atoms with Crippen LogP contribution in [0.5, 0.6) is 0 Å². The van der Waals surface area contributed by atoms with Gasteiger partial charge in [-0.3, -0.25) is 0 Å². The third-order valence-corrected chi connectivity index (χ3v) is 4.54. The smallest absolute Gasteiger partial charge is 0.196 e. The van der Waals surface area contributed by atoms with Gasteiger partial charge in [0.1, 0.15) is 10.7 Å². The van der Waals surface area contributed by atoms with Crippen LogP contribution < -0.4 is 5.73 Å². The predicted molar refractivity (Wildman–Crippen MR) is 56.6 cm³/mol. The van der Waals surface area contributed by atoms with Gasteiger partial charge in [-0.1, -0.05) is 0 Å². The van der Waals surface area contributed by atoms with E-state index in [1.807, 2.05) is 0 Å². The Hall–Kier alpha value is -0.940. The van der Waals surface area contributed by atoms with Gasteiger partial charge in [-0.15, -0.1) is 0 Å². The molecule has 84 valence electrons. The van der Waals surface area contributed by atoms with Crippen LogP contribution in [0.2, 0.25) is 0 Å². The molecule has 0 aliphatic heterocycles. The molecule has 0 aliphatic rings. The summed E-state index contributed by atoms with van der Waals surface area (Å²) < 4.78 is 36.7. The normalized spacial score (nSPS) is 12.9. The van der Waals surface area contributed by atoms with E-state index in [9.17, 15) is 12.8 Å². The molecule has 0 radical (unpaired) electrons. The number of hydrogen-bond donors (Lipinski definition) is 1. The van der Waals surface area contributed by atoms with E-state index in [1.165, 1.54) is 26.0 Å². The molecule has 5 heteroatoms. The Morgan fingerprint density at radius 3 is 2.27 bits per heavy atom. The number of benzene rings is 1. The van der Waals surface area contributed by atoms with E-state index in [-0.39, 0.29) is 4.90 Å². The molecule has 1 rings (SSSR count). The molecule has 0 atom stereocenters. The fourth-order valence-corrected chi connectivity index (χ4v) is 2.49. The molecular formula is C10H14FNO2S. The maximum atomic E-state index is 12.8. The first-order chi connectivity index (χ1) is 6.66. The highest BCUT2D eigenvalue weighted by molar-refractivity contribution is 7.92. The molecular weight excluding hydrogens is 217 g/mol. The Bertz CT molecular complexity index is 475. The van der Waals surface area contributed by atoms with Crippen molar-refractivity contribution < 1.29 is 12.8 Å². The molecule has 0 aromatic heterocycles. The van der Waals surface area contributed by atoms with Crippen molar-refractivity contribution in [1.29, 1.82) is 0 Å². The van der Waals surface area contributed by atoms with Gasteiger partial charge >= 0.3 is 0 Å². The van der Waals surface area contributed by atoms with Gasteiger partial charge in [0, 0.05) is 0 Å². The van der Waals surface area contributed by atoms with Gasteiger partial charge in [0.2, 0.25) is 0 Å². The molecule has 1 aromatic rings. The van der Waals surface area contributed by atoms with Crippen LogP contribution in [0.4, 0.5) is 4.39 Å². The highest BCUT2D eigenvalue weighted by Gasteiger charge is 2.32. The Labute approximate surface area is 89.0 Å². The van der Waals surface area contributed by atoms with Crippen LogP contribution in [0.15, 0.2) is 23.1 Å². The average molecular weight is 231 g/mol. The fourth-order valence-electron chi connectivity index (χ4n) is 1.20. The summed E-state index contributed by atoms with van der Waals surface area (Å²) in [6.07, 6.45) is 0. The zero-order chi connectivity index (χ0) is 11.9. The van der Waals surface area contributed by atoms with E-state index >= 15 is 0 Å². The number of hydrogen-bond acceptors (Lipinski definition) is 3. The number of sulfone groups is 1. The quantitative estimate of drug-likeness (QED) is 0.786. The van der Waals surface area contributed by atoms with Crippen LogP contribution in [-0.2, 0) is 9.84 Å². The molecule has 0 bridgehead atoms. The van der Waals surface area contributed by atoms with Gasteiger partial charge in [-0.25, -0.2) is 12.8 Å². The lowest BCUT2D eigenvalue weighted by Crippen LogP contribution is -2.41. The van der Waals surface area contributed by atoms with Crippen LogP contribution in [0.3, 0.4) is 0 Å². The monoisotopic (exact) mass is 231 g/mol. The molecule has 2 N–H and O–H groups in total. The Kier molecular flexibility index (Phi) is 2.89. The highest BCUT2D eigenvalue weighted by Crippen LogP contribution is 2.24. The highest BCUT2D eigenvalue weighted by atomic mass is 32.2. The van der Waals surface area contributed by atoms with E-state index in [4.69, 9.17) is 5.73 Å². The Morgan fingerprint density at radius 2 is 1.87 bits per heavy atom. The van der Waals surface area contributed by atoms with Crippen LogP contribution in [0, 0.1) is 12.7 Å². The summed E-state index contributed by atoms with van der Waals surface area (Å²) in [6.45, 7) is 4.36. The van der Waals surface area contributed by atoms with Crippen LogP contribution in [0.25, 0.3) is 0 Å². The van der Waals surface area contributed by atoms with Crippen molar-refractivity contribution in [3.8, 4) is 0 Å². The van der Waals surface area contributed by atoms with Crippen molar-refractivity contribution in [1.82, 2.24) is 0 Å². The molecule has 0 heterocycles. The summed E-state index contributed by atoms with van der Waals surface area (Å²) in [4.78, 5) is -1.29. The standard InChI is InChI=1S/C10H14FNO2S/c1-7-6-8(11)4-5-9(7)15(13,14)10(2,3)12/h4-6H,12H2,1-3H3. The maximum absolute atomic E-state index is 12.8. The Balaban J connectivity index is 3.42. The molecule has 0 unspecified atom stereocenters. The summed E-state index contributed by atoms with van der Waals surface area (Å²) in [6, 6.07) is 3.54. The number of rotatable bonds is 2. The van der Waals surface area contributed by atoms with E-state index in [0.717, 1.165) is 6.07 Å². The second-order valence-corrected chi connectivity index (χ2v) is 6.52. The van der Waals surface area contributed by atoms with Gasteiger partial charge in [0.05, 0.1) is 4.90 Å². The van der Waals surface area contributed by atoms with Gasteiger partial charge in [0.25, 0.3) is 0 Å². The van der Waals surface area contributed by atoms with Crippen molar-refractivity contribution in [2.24, 2.45) is 5.73 Å². The minimum atomic E-state index is -3.61. The first kappa shape index (κ1) is 12.1. The zero-order valence-corrected chi connectivity index (χ0v) is 9.73. The molecule has 0 fully saturated rings. The summed E-state index contributed by atoms with van der Waals surface area (Å²) in [5, 5.41) is 0. The summed E-state index contributed by atoms with van der Waals surface area (Å²) in [7, 11) is -3.61. The number of halogens is 1. The van der Waals surface area contributed by atoms with E-state index < -0.39 is 20.5 Å². The van der Waals surface area contributed by atoms with Crippen LogP contribution in [-0.4, -0.2) is 13.3 Å². The third-order valence-electron chi connectivity index (χ3n) is 2.12. The van der Waals surface area contributed by atoms with Gasteiger partial charge in [-0.05, 0) is 44.5 Å². The molecule has 15 heavy (non-hydrogen) atoms. The van der Waals surface area contributed by atoms with Crippen molar-refractivity contribution in [3.63, 3.8) is 0 Å². The lowest BCUT2D eigenvalue weighted by molar-refractivity contribution is 0.551. The predicted octanol–water partition coefficient (Wildman–Crippen LogP) is 1.60. The van der Waals surface area contributed by atoms with Crippen molar-refractivity contribution >= 4 is 9.84 Å². The van der Waals surface area contributed by atoms with Crippen molar-refractivity contribution in [3.05, 3.63) is 29.6 Å². The van der Waals surface area contributed by atoms with Gasteiger partial charge in [0.15, 0.2) is 9.84 Å². The molecule has 0 saturated carbocycles. The molecule has 1 aromatic carbocycles. The second-order valence-electron chi connectivity index (χ2n) is 4.02. The molecule has 0 amide bonds. The van der Waals surface area contributed by atoms with Gasteiger partial charge < -0.3 is 5.73 Å². The van der Waals surface area contributed by atoms with Crippen LogP contribution >= 0.6 is 0 Å². The second kappa shape index (κ2) is 3.57. The van der Waals surface area contributed by atoms with Crippen molar-refractivity contribution in [2.75, 3.05) is 0 Å². The molecule has 0 aliphatic carbocycles. The fraction of sp³-hybridized carbons (Fsp3) is 0.400. The van der Waals surface area contributed by atoms with Gasteiger partial charge in [-0.2, -0.15) is 0 Å². The lowest BCUT2D eigenvalue weighted by atomic mass is 10.2. The lowest BCUT2D eigenvalue weighted by Gasteiger charge is -2.20. The minimum Gasteiger partial charge on any atom is -0.313 e. The van der Waals surface area contributed by atoms with E-state index in [0.29, 0.717) is 5.56 Å². The molecule has 0 saturated heterocycles. The first-order valence-corrected chi connectivity index (χ1v) is 5.94.